The first-order chi connectivity index (χ1) is 11.3. The highest BCUT2D eigenvalue weighted by Crippen LogP contribution is 2.20. The standard InChI is InChI=1S/C20H34NO2.HI/c1-3-5-17-22-19-10-12-20(13-11-19)23-18-9-16-21(4-2)14-7-6-8-15-21;/h10-13H,3-9,14-18H2,1-2H3;1H/q+1;/p-1. The normalized spacial score (nSPS) is 16.2. The monoisotopic (exact) mass is 447 g/mol. The number of likely N-dealkylation sites (tertiary alicyclic amines) is 1. The van der Waals surface area contributed by atoms with Gasteiger partial charge < -0.3 is 37.9 Å². The van der Waals surface area contributed by atoms with Gasteiger partial charge in [-0.05, 0) is 56.9 Å². The second kappa shape index (κ2) is 12.0. The van der Waals surface area contributed by atoms with E-state index in [1.807, 2.05) is 24.3 Å². The van der Waals surface area contributed by atoms with Crippen LogP contribution in [0, 0.1) is 0 Å². The lowest BCUT2D eigenvalue weighted by atomic mass is 10.1. The first kappa shape index (κ1) is 21.6. The van der Waals surface area contributed by atoms with Gasteiger partial charge in [0.2, 0.25) is 0 Å². The molecule has 3 nitrogen and oxygen atoms in total. The third-order valence-corrected chi connectivity index (χ3v) is 5.07. The van der Waals surface area contributed by atoms with Crippen LogP contribution in [-0.4, -0.2) is 43.9 Å². The second-order valence-corrected chi connectivity index (χ2v) is 6.76. The van der Waals surface area contributed by atoms with Crippen molar-refractivity contribution in [3.63, 3.8) is 0 Å². The molecule has 1 aromatic rings. The minimum absolute atomic E-state index is 0. The van der Waals surface area contributed by atoms with Crippen molar-refractivity contribution in [1.82, 2.24) is 0 Å². The zero-order valence-corrected chi connectivity index (χ0v) is 17.6. The van der Waals surface area contributed by atoms with E-state index >= 15 is 0 Å². The summed E-state index contributed by atoms with van der Waals surface area (Å²) in [6.07, 6.45) is 7.63. The molecule has 0 atom stereocenters. The van der Waals surface area contributed by atoms with Gasteiger partial charge in [0, 0.05) is 6.42 Å². The maximum Gasteiger partial charge on any atom is 0.119 e. The first-order valence-corrected chi connectivity index (χ1v) is 9.49. The van der Waals surface area contributed by atoms with Crippen LogP contribution in [0.4, 0.5) is 0 Å². The highest BCUT2D eigenvalue weighted by molar-refractivity contribution is 5.31. The first-order valence-electron chi connectivity index (χ1n) is 9.49. The van der Waals surface area contributed by atoms with Gasteiger partial charge in [0.15, 0.2) is 0 Å². The van der Waals surface area contributed by atoms with E-state index in [0.717, 1.165) is 37.6 Å². The summed E-state index contributed by atoms with van der Waals surface area (Å²) in [5.41, 5.74) is 0. The molecule has 0 aliphatic carbocycles. The maximum atomic E-state index is 5.90. The molecule has 138 valence electrons. The lowest BCUT2D eigenvalue weighted by molar-refractivity contribution is -0.931. The third-order valence-electron chi connectivity index (χ3n) is 5.07. The molecule has 24 heavy (non-hydrogen) atoms. The quantitative estimate of drug-likeness (QED) is 0.309. The summed E-state index contributed by atoms with van der Waals surface area (Å²) in [6, 6.07) is 8.06. The predicted molar refractivity (Wildman–Crippen MR) is 96.2 cm³/mol. The number of nitrogens with zero attached hydrogens (tertiary/aromatic N) is 1. The Labute approximate surface area is 165 Å². The van der Waals surface area contributed by atoms with E-state index in [1.165, 1.54) is 56.3 Å². The molecule has 1 aromatic carbocycles. The number of quaternary nitrogens is 1. The van der Waals surface area contributed by atoms with Crippen LogP contribution in [-0.2, 0) is 0 Å². The number of piperidine rings is 1. The van der Waals surface area contributed by atoms with Gasteiger partial charge in [-0.1, -0.05) is 13.3 Å². The Bertz CT molecular complexity index is 430. The number of ether oxygens (including phenoxy) is 2. The van der Waals surface area contributed by atoms with Gasteiger partial charge in [-0.2, -0.15) is 0 Å². The lowest BCUT2D eigenvalue weighted by Gasteiger charge is -2.40. The molecule has 4 heteroatoms. The molecule has 2 rings (SSSR count). The van der Waals surface area contributed by atoms with Crippen LogP contribution in [0.25, 0.3) is 0 Å². The van der Waals surface area contributed by atoms with Gasteiger partial charge in [0.25, 0.3) is 0 Å². The smallest absolute Gasteiger partial charge is 0.119 e. The van der Waals surface area contributed by atoms with Crippen LogP contribution in [0.15, 0.2) is 24.3 Å². The Morgan fingerprint density at radius 1 is 0.833 bits per heavy atom. The maximum absolute atomic E-state index is 5.90. The fourth-order valence-corrected chi connectivity index (χ4v) is 3.44. The average Bonchev–Trinajstić information content (AvgIpc) is 2.61. The number of rotatable bonds is 10. The van der Waals surface area contributed by atoms with Crippen LogP contribution >= 0.6 is 0 Å². The summed E-state index contributed by atoms with van der Waals surface area (Å²) in [6.45, 7) is 11.4. The van der Waals surface area contributed by atoms with E-state index in [4.69, 9.17) is 9.47 Å². The highest BCUT2D eigenvalue weighted by Gasteiger charge is 2.27. The molecule has 0 aromatic heterocycles. The summed E-state index contributed by atoms with van der Waals surface area (Å²) >= 11 is 0. The number of hydrogen-bond acceptors (Lipinski definition) is 2. The van der Waals surface area contributed by atoms with E-state index in [-0.39, 0.29) is 24.0 Å². The summed E-state index contributed by atoms with van der Waals surface area (Å²) in [7, 11) is 0. The predicted octanol–water partition coefficient (Wildman–Crippen LogP) is 1.66. The fourth-order valence-electron chi connectivity index (χ4n) is 3.44. The molecule has 0 unspecified atom stereocenters. The highest BCUT2D eigenvalue weighted by atomic mass is 127. The molecule has 1 heterocycles. The molecule has 0 saturated carbocycles. The molecule has 0 N–H and O–H groups in total. The van der Waals surface area contributed by atoms with Crippen molar-refractivity contribution in [2.45, 2.75) is 52.4 Å². The Balaban J connectivity index is 0.00000288. The Hall–Kier alpha value is -0.490. The molecule has 0 amide bonds. The number of halogens is 1. The van der Waals surface area contributed by atoms with Gasteiger partial charge in [0.05, 0.1) is 39.4 Å². The largest absolute Gasteiger partial charge is 1.00 e. The molecule has 0 bridgehead atoms. The molecular formula is C20H34INO2. The Kier molecular flexibility index (Phi) is 10.7. The van der Waals surface area contributed by atoms with Gasteiger partial charge in [-0.3, -0.25) is 0 Å². The molecule has 0 radical (unpaired) electrons. The fraction of sp³-hybridized carbons (Fsp3) is 0.700. The molecule has 1 fully saturated rings. The summed E-state index contributed by atoms with van der Waals surface area (Å²) in [4.78, 5) is 0. The van der Waals surface area contributed by atoms with Gasteiger partial charge in [-0.15, -0.1) is 0 Å². The van der Waals surface area contributed by atoms with E-state index in [9.17, 15) is 0 Å². The molecule has 1 aliphatic heterocycles. The Morgan fingerprint density at radius 2 is 1.38 bits per heavy atom. The zero-order chi connectivity index (χ0) is 16.4. The molecule has 1 aliphatic rings. The topological polar surface area (TPSA) is 18.5 Å². The second-order valence-electron chi connectivity index (χ2n) is 6.76. The van der Waals surface area contributed by atoms with E-state index < -0.39 is 0 Å². The van der Waals surface area contributed by atoms with Crippen LogP contribution in [0.2, 0.25) is 0 Å². The molecule has 1 saturated heterocycles. The number of hydrogen-bond donors (Lipinski definition) is 0. The van der Waals surface area contributed by atoms with Crippen LogP contribution < -0.4 is 33.5 Å². The summed E-state index contributed by atoms with van der Waals surface area (Å²) < 4.78 is 12.9. The van der Waals surface area contributed by atoms with E-state index in [0.29, 0.717) is 0 Å². The molecular weight excluding hydrogens is 413 g/mol. The minimum Gasteiger partial charge on any atom is -1.00 e. The van der Waals surface area contributed by atoms with Gasteiger partial charge in [-0.25, -0.2) is 0 Å². The van der Waals surface area contributed by atoms with Crippen molar-refractivity contribution in [3.05, 3.63) is 24.3 Å². The average molecular weight is 447 g/mol. The van der Waals surface area contributed by atoms with Crippen LogP contribution in [0.1, 0.15) is 52.4 Å². The molecule has 0 spiro atoms. The Morgan fingerprint density at radius 3 is 1.88 bits per heavy atom. The summed E-state index contributed by atoms with van der Waals surface area (Å²) in [5, 5.41) is 0. The van der Waals surface area contributed by atoms with Crippen LogP contribution in [0.3, 0.4) is 0 Å². The summed E-state index contributed by atoms with van der Waals surface area (Å²) in [5.74, 6) is 1.89. The zero-order valence-electron chi connectivity index (χ0n) is 15.4. The minimum atomic E-state index is 0. The number of unbranched alkanes of at least 4 members (excludes halogenated alkanes) is 1. The van der Waals surface area contributed by atoms with Crippen molar-refractivity contribution in [2.24, 2.45) is 0 Å². The van der Waals surface area contributed by atoms with Crippen molar-refractivity contribution < 1.29 is 37.9 Å². The SMILES string of the molecule is CCCCOc1ccc(OCCC[N+]2(CC)CCCCC2)cc1.[I-]. The van der Waals surface area contributed by atoms with E-state index in [1.54, 1.807) is 0 Å². The van der Waals surface area contributed by atoms with Gasteiger partial charge >= 0.3 is 0 Å². The lowest BCUT2D eigenvalue weighted by Crippen LogP contribution is -3.00. The third kappa shape index (κ3) is 7.18. The number of benzene rings is 1. The van der Waals surface area contributed by atoms with Crippen molar-refractivity contribution in [2.75, 3.05) is 39.4 Å². The van der Waals surface area contributed by atoms with Crippen molar-refractivity contribution in [3.8, 4) is 11.5 Å². The van der Waals surface area contributed by atoms with Crippen molar-refractivity contribution in [1.29, 1.82) is 0 Å². The van der Waals surface area contributed by atoms with Gasteiger partial charge in [0.1, 0.15) is 11.5 Å². The van der Waals surface area contributed by atoms with E-state index in [2.05, 4.69) is 13.8 Å². The van der Waals surface area contributed by atoms with Crippen LogP contribution in [0.5, 0.6) is 11.5 Å². The van der Waals surface area contributed by atoms with Crippen molar-refractivity contribution >= 4 is 0 Å².